The van der Waals surface area contributed by atoms with Gasteiger partial charge in [-0.1, -0.05) is 0 Å². The number of carbonyl (C=O) groups is 1. The van der Waals surface area contributed by atoms with Crippen molar-refractivity contribution in [3.8, 4) is 0 Å². The van der Waals surface area contributed by atoms with Gasteiger partial charge in [-0.05, 0) is 31.2 Å². The molecule has 0 fully saturated rings. The second kappa shape index (κ2) is 4.56. The van der Waals surface area contributed by atoms with Gasteiger partial charge in [-0.3, -0.25) is 4.79 Å². The van der Waals surface area contributed by atoms with Gasteiger partial charge in [-0.2, -0.15) is 0 Å². The van der Waals surface area contributed by atoms with Gasteiger partial charge in [0.05, 0.1) is 10.5 Å². The smallest absolute Gasteiger partial charge is 0.256 e. The summed E-state index contributed by atoms with van der Waals surface area (Å²) in [6.07, 6.45) is 4.41. The fourth-order valence-electron chi connectivity index (χ4n) is 2.18. The summed E-state index contributed by atoms with van der Waals surface area (Å²) < 4.78 is 23.3. The molecule has 2 N–H and O–H groups in total. The molecule has 6 nitrogen and oxygen atoms in total. The normalized spacial score (nSPS) is 16.1. The average Bonchev–Trinajstić information content (AvgIpc) is 2.93. The van der Waals surface area contributed by atoms with Gasteiger partial charge < -0.3 is 10.3 Å². The fraction of sp³-hybridized carbons (Fsp3) is 0.143. The Morgan fingerprint density at radius 2 is 2.05 bits per heavy atom. The minimum absolute atomic E-state index is 0.180. The van der Waals surface area contributed by atoms with Gasteiger partial charge in [0.25, 0.3) is 5.91 Å². The van der Waals surface area contributed by atoms with E-state index in [1.807, 2.05) is 6.92 Å². The molecule has 0 spiro atoms. The molecule has 7 heteroatoms. The van der Waals surface area contributed by atoms with Crippen molar-refractivity contribution in [3.05, 3.63) is 41.5 Å². The van der Waals surface area contributed by atoms with Gasteiger partial charge in [0.1, 0.15) is 5.82 Å². The van der Waals surface area contributed by atoms with Crippen LogP contribution in [0.4, 0.5) is 5.69 Å². The van der Waals surface area contributed by atoms with Crippen LogP contribution in [0.2, 0.25) is 0 Å². The topological polar surface area (TPSA) is 91.9 Å². The maximum absolute atomic E-state index is 12.0. The highest BCUT2D eigenvalue weighted by Crippen LogP contribution is 2.34. The number of anilines is 1. The van der Waals surface area contributed by atoms with E-state index in [1.54, 1.807) is 18.3 Å². The van der Waals surface area contributed by atoms with E-state index < -0.39 is 9.84 Å². The highest BCUT2D eigenvalue weighted by molar-refractivity contribution is 7.90. The molecule has 1 aliphatic heterocycles. The van der Waals surface area contributed by atoms with Gasteiger partial charge in [0.15, 0.2) is 9.84 Å². The third kappa shape index (κ3) is 2.47. The summed E-state index contributed by atoms with van der Waals surface area (Å²) in [6, 6.07) is 4.58. The summed E-state index contributed by atoms with van der Waals surface area (Å²) in [5, 5.41) is 2.71. The standard InChI is InChI=1S/C14H13N3O3S/c1-8-7-15-13(16-8)6-11-10-5-9(21(2,19)20)3-4-12(10)17-14(11)18/h3-7H,1-2H3,(H,15,16)(H,17,18)/b11-6-. The first-order chi connectivity index (χ1) is 9.84. The molecule has 2 aromatic rings. The van der Waals surface area contributed by atoms with Crippen molar-refractivity contribution >= 4 is 33.1 Å². The van der Waals surface area contributed by atoms with Crippen molar-refractivity contribution in [2.24, 2.45) is 0 Å². The molecule has 0 unspecified atom stereocenters. The lowest BCUT2D eigenvalue weighted by atomic mass is 10.1. The number of aryl methyl sites for hydroxylation is 1. The molecule has 0 saturated heterocycles. The number of nitrogens with one attached hydrogen (secondary N) is 2. The molecule has 21 heavy (non-hydrogen) atoms. The van der Waals surface area contributed by atoms with Crippen LogP contribution in [-0.2, 0) is 14.6 Å². The molecule has 1 amide bonds. The van der Waals surface area contributed by atoms with Crippen LogP contribution in [0, 0.1) is 6.92 Å². The summed E-state index contributed by atoms with van der Waals surface area (Å²) in [4.78, 5) is 19.4. The maximum atomic E-state index is 12.0. The van der Waals surface area contributed by atoms with E-state index in [9.17, 15) is 13.2 Å². The number of amides is 1. The number of aromatic nitrogens is 2. The quantitative estimate of drug-likeness (QED) is 0.825. The van der Waals surface area contributed by atoms with E-state index in [4.69, 9.17) is 0 Å². The number of carbonyl (C=O) groups excluding carboxylic acids is 1. The monoisotopic (exact) mass is 303 g/mol. The van der Waals surface area contributed by atoms with Gasteiger partial charge in [-0.25, -0.2) is 13.4 Å². The van der Waals surface area contributed by atoms with E-state index in [0.717, 1.165) is 11.9 Å². The van der Waals surface area contributed by atoms with E-state index in [1.165, 1.54) is 12.1 Å². The summed E-state index contributed by atoms with van der Waals surface area (Å²) in [7, 11) is -3.32. The van der Waals surface area contributed by atoms with Crippen LogP contribution in [0.15, 0.2) is 29.3 Å². The first-order valence-electron chi connectivity index (χ1n) is 6.24. The van der Waals surface area contributed by atoms with E-state index in [0.29, 0.717) is 22.6 Å². The number of nitrogens with zero attached hydrogens (tertiary/aromatic N) is 1. The molecule has 0 bridgehead atoms. The van der Waals surface area contributed by atoms with Gasteiger partial charge in [-0.15, -0.1) is 0 Å². The van der Waals surface area contributed by atoms with Crippen LogP contribution >= 0.6 is 0 Å². The lowest BCUT2D eigenvalue weighted by Crippen LogP contribution is -2.03. The molecule has 2 heterocycles. The number of benzene rings is 1. The molecule has 1 aromatic carbocycles. The summed E-state index contributed by atoms with van der Waals surface area (Å²) in [5.41, 5.74) is 2.44. The number of imidazole rings is 1. The van der Waals surface area contributed by atoms with Crippen molar-refractivity contribution in [1.82, 2.24) is 9.97 Å². The van der Waals surface area contributed by atoms with E-state index in [2.05, 4.69) is 15.3 Å². The highest BCUT2D eigenvalue weighted by atomic mass is 32.2. The molecule has 0 atom stereocenters. The van der Waals surface area contributed by atoms with Crippen molar-refractivity contribution < 1.29 is 13.2 Å². The predicted molar refractivity (Wildman–Crippen MR) is 79.4 cm³/mol. The highest BCUT2D eigenvalue weighted by Gasteiger charge is 2.26. The largest absolute Gasteiger partial charge is 0.343 e. The third-order valence-electron chi connectivity index (χ3n) is 3.21. The summed E-state index contributed by atoms with van der Waals surface area (Å²) in [5.74, 6) is 0.278. The van der Waals surface area contributed by atoms with Gasteiger partial charge in [0.2, 0.25) is 0 Å². The Bertz CT molecular complexity index is 879. The van der Waals surface area contributed by atoms with Crippen LogP contribution < -0.4 is 5.32 Å². The summed E-state index contributed by atoms with van der Waals surface area (Å²) in [6.45, 7) is 1.86. The van der Waals surface area contributed by atoms with Gasteiger partial charge in [0, 0.05) is 29.4 Å². The second-order valence-electron chi connectivity index (χ2n) is 4.94. The number of sulfone groups is 1. The van der Waals surface area contributed by atoms with Crippen molar-refractivity contribution in [2.45, 2.75) is 11.8 Å². The molecule has 1 aliphatic rings. The number of fused-ring (bicyclic) bond motifs is 1. The van der Waals surface area contributed by atoms with Crippen LogP contribution in [0.25, 0.3) is 11.6 Å². The average molecular weight is 303 g/mol. The molecule has 0 aliphatic carbocycles. The van der Waals surface area contributed by atoms with Crippen molar-refractivity contribution in [2.75, 3.05) is 11.6 Å². The molecule has 3 rings (SSSR count). The Balaban J connectivity index is 2.14. The predicted octanol–water partition coefficient (Wildman–Crippen LogP) is 1.61. The summed E-state index contributed by atoms with van der Waals surface area (Å²) >= 11 is 0. The SMILES string of the molecule is Cc1cnc(/C=C2\C(=O)Nc3ccc(S(C)(=O)=O)cc32)[nH]1. The molecule has 108 valence electrons. The lowest BCUT2D eigenvalue weighted by Gasteiger charge is -2.02. The van der Waals surface area contributed by atoms with Crippen LogP contribution in [0.1, 0.15) is 17.1 Å². The van der Waals surface area contributed by atoms with Crippen molar-refractivity contribution in [1.29, 1.82) is 0 Å². The zero-order valence-electron chi connectivity index (χ0n) is 11.5. The Hall–Kier alpha value is -2.41. The number of H-pyrrole nitrogens is 1. The van der Waals surface area contributed by atoms with Crippen molar-refractivity contribution in [3.63, 3.8) is 0 Å². The number of hydrogen-bond donors (Lipinski definition) is 2. The Morgan fingerprint density at radius 3 is 2.67 bits per heavy atom. The first-order valence-corrected chi connectivity index (χ1v) is 8.13. The van der Waals surface area contributed by atoms with Crippen LogP contribution in [0.3, 0.4) is 0 Å². The molecular weight excluding hydrogens is 290 g/mol. The Kier molecular flexibility index (Phi) is 2.94. The number of rotatable bonds is 2. The van der Waals surface area contributed by atoms with E-state index in [-0.39, 0.29) is 10.8 Å². The molecule has 0 radical (unpaired) electrons. The minimum Gasteiger partial charge on any atom is -0.343 e. The van der Waals surface area contributed by atoms with Crippen LogP contribution in [-0.4, -0.2) is 30.5 Å². The number of hydrogen-bond acceptors (Lipinski definition) is 4. The zero-order valence-corrected chi connectivity index (χ0v) is 12.3. The van der Waals surface area contributed by atoms with E-state index >= 15 is 0 Å². The number of aromatic amines is 1. The Labute approximate surface area is 121 Å². The van der Waals surface area contributed by atoms with Gasteiger partial charge >= 0.3 is 0 Å². The zero-order chi connectivity index (χ0) is 15.2. The van der Waals surface area contributed by atoms with Crippen LogP contribution in [0.5, 0.6) is 0 Å². The first kappa shape index (κ1) is 13.6. The Morgan fingerprint density at radius 1 is 1.29 bits per heavy atom. The molecule has 0 saturated carbocycles. The second-order valence-corrected chi connectivity index (χ2v) is 6.96. The maximum Gasteiger partial charge on any atom is 0.256 e. The third-order valence-corrected chi connectivity index (χ3v) is 4.32. The molecular formula is C14H13N3O3S. The minimum atomic E-state index is -3.32. The molecule has 1 aromatic heterocycles. The lowest BCUT2D eigenvalue weighted by molar-refractivity contribution is -0.110. The fourth-order valence-corrected chi connectivity index (χ4v) is 2.83.